The van der Waals surface area contributed by atoms with E-state index in [1.165, 1.54) is 25.3 Å². The zero-order valence-electron chi connectivity index (χ0n) is 41.0. The lowest BCUT2D eigenvalue weighted by atomic mass is 10.0. The molecule has 0 amide bonds. The molecule has 8 N–H and O–H groups in total. The Morgan fingerprint density at radius 1 is 0.743 bits per heavy atom. The predicted molar refractivity (Wildman–Crippen MR) is 264 cm³/mol. The summed E-state index contributed by atoms with van der Waals surface area (Å²) in [6.07, 6.45) is 25.0. The molecule has 0 aromatic carbocycles. The molecule has 0 bridgehead atoms. The van der Waals surface area contributed by atoms with Crippen molar-refractivity contribution in [2.45, 2.75) is 198 Å². The maximum absolute atomic E-state index is 12.8. The Hall–Kier alpha value is -3.36. The molecule has 400 valence electrons. The number of aliphatic hydroxyl groups is 4. The number of hydrogen-bond donors (Lipinski definition) is 7. The summed E-state index contributed by atoms with van der Waals surface area (Å²) in [6, 6.07) is 1.23. The normalized spacial score (nSPS) is 20.6. The largest absolute Gasteiger partial charge is 0.481 e. The molecule has 1 fully saturated rings. The van der Waals surface area contributed by atoms with E-state index in [0.29, 0.717) is 51.4 Å². The number of esters is 2. The second kappa shape index (κ2) is 36.5. The van der Waals surface area contributed by atoms with Crippen LogP contribution in [0.3, 0.4) is 0 Å². The van der Waals surface area contributed by atoms with E-state index in [-0.39, 0.29) is 18.7 Å². The summed E-state index contributed by atoms with van der Waals surface area (Å²) >= 11 is 0. The van der Waals surface area contributed by atoms with Crippen LogP contribution in [0, 0.1) is 0 Å². The van der Waals surface area contributed by atoms with E-state index in [2.05, 4.69) is 47.4 Å². The van der Waals surface area contributed by atoms with Crippen molar-refractivity contribution in [2.24, 2.45) is 0 Å². The lowest BCUT2D eigenvalue weighted by Gasteiger charge is -2.21. The van der Waals surface area contributed by atoms with Gasteiger partial charge in [0, 0.05) is 19.0 Å². The molecule has 0 saturated carbocycles. The summed E-state index contributed by atoms with van der Waals surface area (Å²) < 4.78 is 56.6. The van der Waals surface area contributed by atoms with Gasteiger partial charge < -0.3 is 50.2 Å². The van der Waals surface area contributed by atoms with E-state index in [0.717, 1.165) is 68.6 Å². The lowest BCUT2D eigenvalue weighted by molar-refractivity contribution is -0.161. The number of carbonyl (C=O) groups is 2. The van der Waals surface area contributed by atoms with Crippen molar-refractivity contribution in [3.63, 3.8) is 0 Å². The molecule has 9 atom stereocenters. The SMILES string of the molecule is CCCCC/C=C\C/C=C\C/C=C\CCCCC(=O)O[C@H](COC(=O)CCCCCCC[C@@H](O)[C@H](O)C/C=C\CCCCC)COP(=O)(O)OP(=O)(O)OC[C@H]1O[C@@H](n2ccc(N)nc2=O)[C@H](O)[C@@H]1O. The summed E-state index contributed by atoms with van der Waals surface area (Å²) in [5, 5.41) is 41.4. The minimum atomic E-state index is -5.46. The second-order valence-electron chi connectivity index (χ2n) is 17.3. The number of nitrogens with two attached hydrogens (primary N) is 1. The van der Waals surface area contributed by atoms with Crippen molar-refractivity contribution in [1.82, 2.24) is 9.55 Å². The highest BCUT2D eigenvalue weighted by Crippen LogP contribution is 2.60. The lowest BCUT2D eigenvalue weighted by Crippen LogP contribution is -2.36. The van der Waals surface area contributed by atoms with Crippen LogP contribution in [0.1, 0.15) is 161 Å². The Labute approximate surface area is 413 Å². The van der Waals surface area contributed by atoms with Crippen molar-refractivity contribution in [3.8, 4) is 0 Å². The number of aromatic nitrogens is 2. The minimum Gasteiger partial charge on any atom is -0.462 e. The third-order valence-corrected chi connectivity index (χ3v) is 13.7. The minimum absolute atomic E-state index is 0.0182. The number of phosphoric acid groups is 2. The van der Waals surface area contributed by atoms with Gasteiger partial charge in [0.05, 0.1) is 25.4 Å². The summed E-state index contributed by atoms with van der Waals surface area (Å²) in [5.41, 5.74) is 4.56. The van der Waals surface area contributed by atoms with Crippen molar-refractivity contribution in [2.75, 3.05) is 25.6 Å². The molecule has 1 aliphatic rings. The number of aliphatic hydroxyl groups excluding tert-OH is 4. The molecule has 1 saturated heterocycles. The van der Waals surface area contributed by atoms with Gasteiger partial charge in [-0.25, -0.2) is 13.9 Å². The van der Waals surface area contributed by atoms with E-state index in [4.69, 9.17) is 29.0 Å². The monoisotopic (exact) mass is 1030 g/mol. The van der Waals surface area contributed by atoms with Crippen molar-refractivity contribution < 1.29 is 76.5 Å². The van der Waals surface area contributed by atoms with Crippen LogP contribution in [-0.2, 0) is 46.3 Å². The number of allylic oxidation sites excluding steroid dienone is 7. The molecular formula is C48H81N3O17P2. The second-order valence-corrected chi connectivity index (χ2v) is 20.3. The van der Waals surface area contributed by atoms with Crippen molar-refractivity contribution in [3.05, 3.63) is 71.4 Å². The molecule has 2 unspecified atom stereocenters. The van der Waals surface area contributed by atoms with E-state index in [1.54, 1.807) is 0 Å². The van der Waals surface area contributed by atoms with Crippen LogP contribution in [0.2, 0.25) is 0 Å². The Bertz CT molecular complexity index is 1900. The topological polar surface area (TPSA) is 306 Å². The fourth-order valence-corrected chi connectivity index (χ4v) is 9.16. The first-order valence-corrected chi connectivity index (χ1v) is 27.8. The summed E-state index contributed by atoms with van der Waals surface area (Å²) in [6.45, 7) is 1.87. The number of anilines is 1. The molecule has 1 aliphatic heterocycles. The highest BCUT2D eigenvalue weighted by atomic mass is 31.3. The van der Waals surface area contributed by atoms with Gasteiger partial charge in [-0.15, -0.1) is 0 Å². The third-order valence-electron chi connectivity index (χ3n) is 11.1. The van der Waals surface area contributed by atoms with Gasteiger partial charge in [0.15, 0.2) is 12.3 Å². The summed E-state index contributed by atoms with van der Waals surface area (Å²) in [7, 11) is -10.9. The van der Waals surface area contributed by atoms with Gasteiger partial charge >= 0.3 is 33.3 Å². The van der Waals surface area contributed by atoms with Gasteiger partial charge in [0.25, 0.3) is 0 Å². The van der Waals surface area contributed by atoms with E-state index < -0.39 is 95.9 Å². The number of carbonyl (C=O) groups excluding carboxylic acids is 2. The van der Waals surface area contributed by atoms with Crippen LogP contribution in [0.5, 0.6) is 0 Å². The summed E-state index contributed by atoms with van der Waals surface area (Å²) in [5.74, 6) is -1.47. The molecule has 0 spiro atoms. The first-order chi connectivity index (χ1) is 33.5. The zero-order chi connectivity index (χ0) is 51.6. The van der Waals surface area contributed by atoms with Crippen LogP contribution in [0.4, 0.5) is 5.82 Å². The van der Waals surface area contributed by atoms with Crippen molar-refractivity contribution in [1.29, 1.82) is 0 Å². The van der Waals surface area contributed by atoms with E-state index in [1.807, 2.05) is 24.3 Å². The fourth-order valence-electron chi connectivity index (χ4n) is 7.05. The van der Waals surface area contributed by atoms with Gasteiger partial charge in [-0.1, -0.05) is 114 Å². The maximum atomic E-state index is 12.8. The molecular weight excluding hydrogens is 952 g/mol. The standard InChI is InChI=1S/C48H81N3O17P2/c1-3-5-7-9-11-12-13-14-15-16-17-18-19-23-28-32-44(55)66-38(35-63-43(54)31-27-24-20-22-26-30-40(53)39(52)29-25-21-10-8-6-4-2)36-64-69(59,60)68-70(61,62)65-37-41-45(56)46(57)47(67-41)51-34-33-42(49)50-48(51)58/h11-12,14-15,17-18,21,25,33-34,38-41,45-47,52-53,56-57H,3-10,13,16,19-20,22-24,26-32,35-37H2,1-2H3,(H,59,60)(H,61,62)(H2,49,50,58)/b12-11-,15-14-,18-17-,25-21-/t38-,39-,40-,41-,45-,46-,47-/m1/s1. The van der Waals surface area contributed by atoms with Crippen LogP contribution in [0.25, 0.3) is 0 Å². The van der Waals surface area contributed by atoms with Gasteiger partial charge in [0.2, 0.25) is 0 Å². The molecule has 70 heavy (non-hydrogen) atoms. The first-order valence-electron chi connectivity index (χ1n) is 24.8. The molecule has 1 aromatic rings. The average Bonchev–Trinajstić information content (AvgIpc) is 3.59. The van der Waals surface area contributed by atoms with Crippen LogP contribution >= 0.6 is 15.6 Å². The van der Waals surface area contributed by atoms with Gasteiger partial charge in [-0.3, -0.25) is 23.2 Å². The Morgan fingerprint density at radius 3 is 1.94 bits per heavy atom. The van der Waals surface area contributed by atoms with Gasteiger partial charge in [-0.05, 0) is 83.1 Å². The maximum Gasteiger partial charge on any atom is 0.481 e. The third kappa shape index (κ3) is 28.6. The Morgan fingerprint density at radius 2 is 1.30 bits per heavy atom. The highest BCUT2D eigenvalue weighted by molar-refractivity contribution is 7.61. The summed E-state index contributed by atoms with van der Waals surface area (Å²) in [4.78, 5) is 61.8. The fraction of sp³-hybridized carbons (Fsp3) is 0.708. The zero-order valence-corrected chi connectivity index (χ0v) is 42.8. The first kappa shape index (κ1) is 62.8. The van der Waals surface area contributed by atoms with E-state index in [9.17, 15) is 53.7 Å². The number of unbranched alkanes of at least 4 members (excludes halogenated alkanes) is 12. The number of nitrogens with zero attached hydrogens (tertiary/aromatic N) is 2. The quantitative estimate of drug-likeness (QED) is 0.0143. The molecule has 1 aromatic heterocycles. The molecule has 22 heteroatoms. The smallest absolute Gasteiger partial charge is 0.462 e. The average molecular weight is 1030 g/mol. The molecule has 0 aliphatic carbocycles. The molecule has 2 heterocycles. The number of phosphoric ester groups is 2. The van der Waals surface area contributed by atoms with Crippen molar-refractivity contribution >= 4 is 33.4 Å². The van der Waals surface area contributed by atoms with E-state index >= 15 is 0 Å². The number of rotatable bonds is 40. The number of ether oxygens (including phenoxy) is 3. The van der Waals surface area contributed by atoms with Crippen LogP contribution in [-0.4, -0.2) is 108 Å². The Kier molecular flexibility index (Phi) is 32.8. The number of nitrogen functional groups attached to an aromatic ring is 1. The highest BCUT2D eigenvalue weighted by Gasteiger charge is 2.46. The number of hydrogen-bond acceptors (Lipinski definition) is 17. The molecule has 20 nitrogen and oxygen atoms in total. The Balaban J connectivity index is 1.86. The predicted octanol–water partition coefficient (Wildman–Crippen LogP) is 7.72. The van der Waals surface area contributed by atoms with Crippen LogP contribution < -0.4 is 11.4 Å². The van der Waals surface area contributed by atoms with Gasteiger partial charge in [0.1, 0.15) is 30.7 Å². The van der Waals surface area contributed by atoms with Gasteiger partial charge in [-0.2, -0.15) is 9.29 Å². The van der Waals surface area contributed by atoms with Crippen LogP contribution in [0.15, 0.2) is 65.7 Å². The molecule has 2 rings (SSSR count). The molecule has 0 radical (unpaired) electrons.